The number of hydrogen-bond acceptors (Lipinski definition) is 5. The maximum absolute atomic E-state index is 12.8. The summed E-state index contributed by atoms with van der Waals surface area (Å²) in [5.41, 5.74) is 1.84. The number of fused-ring (bicyclic) bond motifs is 1. The third-order valence-electron chi connectivity index (χ3n) is 4.58. The molecule has 1 aliphatic heterocycles. The molecular weight excluding hydrogens is 376 g/mol. The average molecular weight is 403 g/mol. The lowest BCUT2D eigenvalue weighted by atomic mass is 10.1. The summed E-state index contributed by atoms with van der Waals surface area (Å²) in [6, 6.07) is 7.25. The van der Waals surface area contributed by atoms with Crippen molar-refractivity contribution in [2.45, 2.75) is 33.6 Å². The van der Waals surface area contributed by atoms with Gasteiger partial charge in [0.05, 0.1) is 4.88 Å². The van der Waals surface area contributed by atoms with E-state index in [0.717, 1.165) is 12.8 Å². The van der Waals surface area contributed by atoms with Gasteiger partial charge >= 0.3 is 0 Å². The van der Waals surface area contributed by atoms with Gasteiger partial charge in [-0.05, 0) is 44.0 Å². The minimum atomic E-state index is -0.242. The van der Waals surface area contributed by atoms with Gasteiger partial charge in [0.2, 0.25) is 5.91 Å². The normalized spacial score (nSPS) is 12.5. The molecule has 0 spiro atoms. The minimum Gasteiger partial charge on any atom is -0.486 e. The first-order chi connectivity index (χ1) is 13.5. The smallest absolute Gasteiger partial charge is 0.264 e. The molecule has 0 saturated carbocycles. The van der Waals surface area contributed by atoms with Crippen molar-refractivity contribution in [2.24, 2.45) is 0 Å². The van der Waals surface area contributed by atoms with Crippen LogP contribution in [-0.2, 0) is 11.2 Å². The fourth-order valence-electron chi connectivity index (χ4n) is 3.12. The summed E-state index contributed by atoms with van der Waals surface area (Å²) in [6.45, 7) is 7.52. The van der Waals surface area contributed by atoms with Crippen LogP contribution in [0.15, 0.2) is 24.3 Å². The van der Waals surface area contributed by atoms with Crippen LogP contribution in [0, 0.1) is 6.92 Å². The number of hydrogen-bond donors (Lipinski definition) is 1. The zero-order valence-corrected chi connectivity index (χ0v) is 17.4. The Morgan fingerprint density at radius 2 is 1.89 bits per heavy atom. The molecule has 150 valence electrons. The first kappa shape index (κ1) is 20.2. The van der Waals surface area contributed by atoms with Crippen LogP contribution in [-0.4, -0.2) is 43.0 Å². The second kappa shape index (κ2) is 9.10. The van der Waals surface area contributed by atoms with E-state index < -0.39 is 0 Å². The predicted octanol–water partition coefficient (Wildman–Crippen LogP) is 3.88. The summed E-state index contributed by atoms with van der Waals surface area (Å²) in [5, 5.41) is 2.84. The number of amides is 2. The highest BCUT2D eigenvalue weighted by Crippen LogP contribution is 2.32. The van der Waals surface area contributed by atoms with Crippen LogP contribution in [0.5, 0.6) is 11.5 Å². The largest absolute Gasteiger partial charge is 0.486 e. The Bertz CT molecular complexity index is 862. The molecule has 7 heteroatoms. The monoisotopic (exact) mass is 402 g/mol. The van der Waals surface area contributed by atoms with E-state index in [-0.39, 0.29) is 18.4 Å². The van der Waals surface area contributed by atoms with Crippen LogP contribution in [0.2, 0.25) is 0 Å². The lowest BCUT2D eigenvalue weighted by Crippen LogP contribution is -2.37. The molecule has 0 bridgehead atoms. The van der Waals surface area contributed by atoms with E-state index in [0.29, 0.717) is 41.8 Å². The van der Waals surface area contributed by atoms with Gasteiger partial charge in [-0.15, -0.1) is 11.3 Å². The van der Waals surface area contributed by atoms with Crippen molar-refractivity contribution in [1.82, 2.24) is 4.90 Å². The SMILES string of the molecule is CCCc1cc(C(=O)N(CC)CC(=O)Nc2ccc3c(c2)OCCO3)sc1C. The number of thiophene rings is 1. The molecule has 0 fully saturated rings. The quantitative estimate of drug-likeness (QED) is 0.763. The topological polar surface area (TPSA) is 67.9 Å². The summed E-state index contributed by atoms with van der Waals surface area (Å²) in [7, 11) is 0. The summed E-state index contributed by atoms with van der Waals surface area (Å²) in [6.07, 6.45) is 2.01. The van der Waals surface area contributed by atoms with Crippen molar-refractivity contribution in [2.75, 3.05) is 31.6 Å². The molecule has 28 heavy (non-hydrogen) atoms. The maximum atomic E-state index is 12.8. The number of carbonyl (C=O) groups excluding carboxylic acids is 2. The van der Waals surface area contributed by atoms with Gasteiger partial charge in [0.25, 0.3) is 5.91 Å². The van der Waals surface area contributed by atoms with E-state index in [1.165, 1.54) is 21.8 Å². The van der Waals surface area contributed by atoms with Gasteiger partial charge in [0.15, 0.2) is 11.5 Å². The van der Waals surface area contributed by atoms with E-state index in [2.05, 4.69) is 12.2 Å². The minimum absolute atomic E-state index is 0.00380. The van der Waals surface area contributed by atoms with Gasteiger partial charge in [-0.2, -0.15) is 0 Å². The Kier molecular flexibility index (Phi) is 6.57. The van der Waals surface area contributed by atoms with Crippen LogP contribution >= 0.6 is 11.3 Å². The van der Waals surface area contributed by atoms with Crippen molar-refractivity contribution in [3.8, 4) is 11.5 Å². The number of likely N-dealkylation sites (N-methyl/N-ethyl adjacent to an activating group) is 1. The summed E-state index contributed by atoms with van der Waals surface area (Å²) in [4.78, 5) is 28.8. The second-order valence-electron chi connectivity index (χ2n) is 6.67. The number of nitrogens with one attached hydrogen (secondary N) is 1. The first-order valence-electron chi connectivity index (χ1n) is 9.59. The second-order valence-corrected chi connectivity index (χ2v) is 7.92. The Hall–Kier alpha value is -2.54. The number of nitrogens with zero attached hydrogens (tertiary/aromatic N) is 1. The van der Waals surface area contributed by atoms with Crippen LogP contribution in [0.25, 0.3) is 0 Å². The zero-order valence-electron chi connectivity index (χ0n) is 16.5. The molecule has 3 rings (SSSR count). The van der Waals surface area contributed by atoms with Crippen LogP contribution in [0.1, 0.15) is 40.4 Å². The van der Waals surface area contributed by atoms with E-state index in [4.69, 9.17) is 9.47 Å². The van der Waals surface area contributed by atoms with Crippen molar-refractivity contribution in [3.05, 3.63) is 39.6 Å². The molecular formula is C21H26N2O4S. The fraction of sp³-hybridized carbons (Fsp3) is 0.429. The molecule has 1 aromatic carbocycles. The van der Waals surface area contributed by atoms with Gasteiger partial charge in [-0.1, -0.05) is 13.3 Å². The Labute approximate surface area is 169 Å². The molecule has 1 aromatic heterocycles. The highest BCUT2D eigenvalue weighted by atomic mass is 32.1. The van der Waals surface area contributed by atoms with E-state index in [1.807, 2.05) is 19.9 Å². The highest BCUT2D eigenvalue weighted by molar-refractivity contribution is 7.14. The number of anilines is 1. The van der Waals surface area contributed by atoms with Gasteiger partial charge in [-0.25, -0.2) is 0 Å². The summed E-state index contributed by atoms with van der Waals surface area (Å²) < 4.78 is 11.0. The molecule has 0 radical (unpaired) electrons. The third kappa shape index (κ3) is 4.65. The van der Waals surface area contributed by atoms with E-state index >= 15 is 0 Å². The van der Waals surface area contributed by atoms with Crippen molar-refractivity contribution in [1.29, 1.82) is 0 Å². The number of carbonyl (C=O) groups is 2. The van der Waals surface area contributed by atoms with Gasteiger partial charge in [-0.3, -0.25) is 9.59 Å². The van der Waals surface area contributed by atoms with Gasteiger partial charge < -0.3 is 19.7 Å². The highest BCUT2D eigenvalue weighted by Gasteiger charge is 2.21. The molecule has 0 atom stereocenters. The van der Waals surface area contributed by atoms with E-state index in [1.54, 1.807) is 23.1 Å². The van der Waals surface area contributed by atoms with Crippen LogP contribution < -0.4 is 14.8 Å². The van der Waals surface area contributed by atoms with Crippen molar-refractivity contribution < 1.29 is 19.1 Å². The van der Waals surface area contributed by atoms with E-state index in [9.17, 15) is 9.59 Å². The Morgan fingerprint density at radius 3 is 2.61 bits per heavy atom. The van der Waals surface area contributed by atoms with Gasteiger partial charge in [0, 0.05) is 23.2 Å². The molecule has 6 nitrogen and oxygen atoms in total. The maximum Gasteiger partial charge on any atom is 0.264 e. The Morgan fingerprint density at radius 1 is 1.14 bits per heavy atom. The van der Waals surface area contributed by atoms with Gasteiger partial charge in [0.1, 0.15) is 19.8 Å². The Balaban J connectivity index is 1.64. The average Bonchev–Trinajstić information content (AvgIpc) is 3.06. The number of aryl methyl sites for hydroxylation is 2. The van der Waals surface area contributed by atoms with Crippen molar-refractivity contribution >= 4 is 28.8 Å². The van der Waals surface area contributed by atoms with Crippen LogP contribution in [0.3, 0.4) is 0 Å². The zero-order chi connectivity index (χ0) is 20.1. The molecule has 0 aliphatic carbocycles. The summed E-state index contributed by atoms with van der Waals surface area (Å²) in [5.74, 6) is 0.944. The lowest BCUT2D eigenvalue weighted by Gasteiger charge is -2.21. The molecule has 2 amide bonds. The standard InChI is InChI=1S/C21H26N2O4S/c1-4-6-15-11-19(28-14(15)3)21(25)23(5-2)13-20(24)22-16-7-8-17-18(12-16)27-10-9-26-17/h7-8,11-12H,4-6,9-10,13H2,1-3H3,(H,22,24). The molecule has 2 heterocycles. The summed E-state index contributed by atoms with van der Waals surface area (Å²) >= 11 is 1.50. The molecule has 0 saturated heterocycles. The number of benzene rings is 1. The number of rotatable bonds is 7. The lowest BCUT2D eigenvalue weighted by molar-refractivity contribution is -0.116. The van der Waals surface area contributed by atoms with Crippen molar-refractivity contribution in [3.63, 3.8) is 0 Å². The molecule has 1 aliphatic rings. The molecule has 1 N–H and O–H groups in total. The predicted molar refractivity (Wildman–Crippen MR) is 111 cm³/mol. The first-order valence-corrected chi connectivity index (χ1v) is 10.4. The fourth-order valence-corrected chi connectivity index (χ4v) is 4.16. The third-order valence-corrected chi connectivity index (χ3v) is 5.66. The number of ether oxygens (including phenoxy) is 2. The van der Waals surface area contributed by atoms with Crippen LogP contribution in [0.4, 0.5) is 5.69 Å². The molecule has 2 aromatic rings. The molecule has 0 unspecified atom stereocenters.